The van der Waals surface area contributed by atoms with E-state index in [0.29, 0.717) is 31.7 Å². The van der Waals surface area contributed by atoms with Crippen LogP contribution in [-0.4, -0.2) is 47.2 Å². The number of hydrogen-bond donors (Lipinski definition) is 1. The second-order valence-electron chi connectivity index (χ2n) is 6.12. The molecule has 1 heterocycles. The number of likely N-dealkylation sites (N-methyl/N-ethyl adjacent to an activating group) is 1. The van der Waals surface area contributed by atoms with Crippen LogP contribution in [0, 0.1) is 5.82 Å². The van der Waals surface area contributed by atoms with Crippen molar-refractivity contribution in [1.29, 1.82) is 0 Å². The van der Waals surface area contributed by atoms with Crippen molar-refractivity contribution in [3.8, 4) is 0 Å². The van der Waals surface area contributed by atoms with E-state index in [1.54, 1.807) is 32.0 Å². The zero-order valence-electron chi connectivity index (χ0n) is 12.8. The normalized spacial score (nSPS) is 19.6. The molecule has 1 atom stereocenters. The molecule has 116 valence electrons. The Hall–Kier alpha value is -1.46. The van der Waals surface area contributed by atoms with E-state index in [1.807, 2.05) is 11.8 Å². The lowest BCUT2D eigenvalue weighted by atomic mass is 10.1. The first kappa shape index (κ1) is 15.9. The van der Waals surface area contributed by atoms with Crippen LogP contribution in [0.15, 0.2) is 24.3 Å². The number of aliphatic hydroxyl groups is 1. The molecule has 0 aliphatic carbocycles. The molecule has 0 radical (unpaired) electrons. The van der Waals surface area contributed by atoms with Gasteiger partial charge in [0, 0.05) is 13.1 Å². The number of hydrogen-bond acceptors (Lipinski definition) is 3. The molecule has 1 aromatic carbocycles. The predicted octanol–water partition coefficient (Wildman–Crippen LogP) is 2.02. The van der Waals surface area contributed by atoms with Gasteiger partial charge in [-0.25, -0.2) is 4.39 Å². The van der Waals surface area contributed by atoms with Gasteiger partial charge >= 0.3 is 0 Å². The molecule has 4 nitrogen and oxygen atoms in total. The molecular weight excluding hydrogens is 271 g/mol. The van der Waals surface area contributed by atoms with Gasteiger partial charge in [-0.1, -0.05) is 19.1 Å². The van der Waals surface area contributed by atoms with Gasteiger partial charge in [-0.3, -0.25) is 9.69 Å². The molecule has 1 aliphatic rings. The molecule has 1 aromatic rings. The summed E-state index contributed by atoms with van der Waals surface area (Å²) in [6.07, 6.45) is 0.650. The number of para-hydroxylation sites is 1. The molecule has 1 N–H and O–H groups in total. The van der Waals surface area contributed by atoms with E-state index < -0.39 is 5.60 Å². The molecule has 21 heavy (non-hydrogen) atoms. The molecular formula is C16H23FN2O2. The van der Waals surface area contributed by atoms with Crippen LogP contribution in [0.25, 0.3) is 0 Å². The molecule has 0 aromatic heterocycles. The highest BCUT2D eigenvalue weighted by Crippen LogP contribution is 2.27. The van der Waals surface area contributed by atoms with Crippen molar-refractivity contribution < 1.29 is 14.3 Å². The summed E-state index contributed by atoms with van der Waals surface area (Å²) < 4.78 is 13.8. The fraction of sp³-hybridized carbons (Fsp3) is 0.562. The smallest absolute Gasteiger partial charge is 0.244 e. The fourth-order valence-electron chi connectivity index (χ4n) is 2.85. The second-order valence-corrected chi connectivity index (χ2v) is 6.12. The summed E-state index contributed by atoms with van der Waals surface area (Å²) in [5.41, 5.74) is -0.522. The topological polar surface area (TPSA) is 43.8 Å². The van der Waals surface area contributed by atoms with E-state index in [0.717, 1.165) is 0 Å². The third kappa shape index (κ3) is 3.60. The first-order valence-electron chi connectivity index (χ1n) is 7.36. The van der Waals surface area contributed by atoms with E-state index in [2.05, 4.69) is 0 Å². The molecule has 2 rings (SSSR count). The summed E-state index contributed by atoms with van der Waals surface area (Å²) in [4.78, 5) is 16.0. The standard InChI is InChI=1S/C16H23FN2O2/c1-4-18(11-16(2,3)21)14-9-10-19(15(14)20)13-8-6-5-7-12(13)17/h5-8,14,21H,4,9-11H2,1-3H3. The molecule has 1 unspecified atom stereocenters. The summed E-state index contributed by atoms with van der Waals surface area (Å²) in [6.45, 7) is 7.02. The third-order valence-corrected chi connectivity index (χ3v) is 3.76. The number of carbonyl (C=O) groups is 1. The Morgan fingerprint density at radius 2 is 2.10 bits per heavy atom. The average molecular weight is 294 g/mol. The number of anilines is 1. The van der Waals surface area contributed by atoms with Crippen LogP contribution in [-0.2, 0) is 4.79 Å². The van der Waals surface area contributed by atoms with Gasteiger partial charge in [-0.15, -0.1) is 0 Å². The van der Waals surface area contributed by atoms with E-state index in [9.17, 15) is 14.3 Å². The first-order chi connectivity index (χ1) is 9.83. The van der Waals surface area contributed by atoms with Crippen LogP contribution < -0.4 is 4.90 Å². The van der Waals surface area contributed by atoms with Crippen LogP contribution in [0.5, 0.6) is 0 Å². The SMILES string of the molecule is CCN(CC(C)(C)O)C1CCN(c2ccccc2F)C1=O. The van der Waals surface area contributed by atoms with E-state index in [1.165, 1.54) is 11.0 Å². The van der Waals surface area contributed by atoms with Gasteiger partial charge in [0.15, 0.2) is 0 Å². The van der Waals surface area contributed by atoms with Crippen molar-refractivity contribution in [2.75, 3.05) is 24.5 Å². The Morgan fingerprint density at radius 1 is 1.43 bits per heavy atom. The van der Waals surface area contributed by atoms with Crippen molar-refractivity contribution in [2.45, 2.75) is 38.8 Å². The molecule has 5 heteroatoms. The minimum absolute atomic E-state index is 0.0915. The quantitative estimate of drug-likeness (QED) is 0.903. The number of halogens is 1. The highest BCUT2D eigenvalue weighted by Gasteiger charge is 2.38. The van der Waals surface area contributed by atoms with Gasteiger partial charge in [0.2, 0.25) is 5.91 Å². The van der Waals surface area contributed by atoms with Gasteiger partial charge in [0.1, 0.15) is 5.82 Å². The Labute approximate surface area is 125 Å². The molecule has 1 saturated heterocycles. The van der Waals surface area contributed by atoms with Crippen molar-refractivity contribution in [3.63, 3.8) is 0 Å². The predicted molar refractivity (Wildman–Crippen MR) is 80.7 cm³/mol. The summed E-state index contributed by atoms with van der Waals surface area (Å²) in [5, 5.41) is 9.97. The van der Waals surface area contributed by atoms with Crippen LogP contribution in [0.1, 0.15) is 27.2 Å². The van der Waals surface area contributed by atoms with Crippen molar-refractivity contribution in [2.24, 2.45) is 0 Å². The average Bonchev–Trinajstić information content (AvgIpc) is 2.77. The highest BCUT2D eigenvalue weighted by atomic mass is 19.1. The molecule has 0 spiro atoms. The van der Waals surface area contributed by atoms with E-state index in [-0.39, 0.29) is 17.8 Å². The van der Waals surface area contributed by atoms with Crippen LogP contribution in [0.2, 0.25) is 0 Å². The monoisotopic (exact) mass is 294 g/mol. The Balaban J connectivity index is 2.16. The Bertz CT molecular complexity index is 513. The number of nitrogens with zero attached hydrogens (tertiary/aromatic N) is 2. The summed E-state index contributed by atoms with van der Waals surface area (Å²) >= 11 is 0. The molecule has 0 bridgehead atoms. The number of rotatable bonds is 5. The number of benzene rings is 1. The van der Waals surface area contributed by atoms with Crippen LogP contribution in [0.3, 0.4) is 0 Å². The lowest BCUT2D eigenvalue weighted by molar-refractivity contribution is -0.122. The molecule has 1 fully saturated rings. The third-order valence-electron chi connectivity index (χ3n) is 3.76. The largest absolute Gasteiger partial charge is 0.389 e. The molecule has 1 amide bonds. The highest BCUT2D eigenvalue weighted by molar-refractivity contribution is 5.99. The molecule has 0 saturated carbocycles. The minimum Gasteiger partial charge on any atom is -0.389 e. The summed E-state index contributed by atoms with van der Waals surface area (Å²) in [5.74, 6) is -0.469. The van der Waals surface area contributed by atoms with Gasteiger partial charge in [-0.2, -0.15) is 0 Å². The van der Waals surface area contributed by atoms with Crippen molar-refractivity contribution in [3.05, 3.63) is 30.1 Å². The van der Waals surface area contributed by atoms with Gasteiger partial charge in [0.25, 0.3) is 0 Å². The minimum atomic E-state index is -0.859. The second kappa shape index (κ2) is 6.12. The first-order valence-corrected chi connectivity index (χ1v) is 7.36. The molecule has 1 aliphatic heterocycles. The van der Waals surface area contributed by atoms with Crippen LogP contribution in [0.4, 0.5) is 10.1 Å². The number of amides is 1. The van der Waals surface area contributed by atoms with Crippen LogP contribution >= 0.6 is 0 Å². The summed E-state index contributed by atoms with van der Waals surface area (Å²) in [6, 6.07) is 6.05. The zero-order valence-corrected chi connectivity index (χ0v) is 12.8. The number of carbonyl (C=O) groups excluding carboxylic acids is 1. The maximum absolute atomic E-state index is 13.8. The summed E-state index contributed by atoms with van der Waals surface area (Å²) in [7, 11) is 0. The van der Waals surface area contributed by atoms with E-state index >= 15 is 0 Å². The Kier molecular flexibility index (Phi) is 4.64. The lowest BCUT2D eigenvalue weighted by Gasteiger charge is -2.31. The Morgan fingerprint density at radius 3 is 2.67 bits per heavy atom. The lowest BCUT2D eigenvalue weighted by Crippen LogP contribution is -2.48. The zero-order chi connectivity index (χ0) is 15.6. The van der Waals surface area contributed by atoms with Crippen molar-refractivity contribution in [1.82, 2.24) is 4.90 Å². The maximum atomic E-state index is 13.8. The van der Waals surface area contributed by atoms with Gasteiger partial charge in [-0.05, 0) is 38.9 Å². The maximum Gasteiger partial charge on any atom is 0.244 e. The van der Waals surface area contributed by atoms with E-state index in [4.69, 9.17) is 0 Å². The van der Waals surface area contributed by atoms with Gasteiger partial charge in [0.05, 0.1) is 17.3 Å². The van der Waals surface area contributed by atoms with Gasteiger partial charge < -0.3 is 10.0 Å². The van der Waals surface area contributed by atoms with Crippen molar-refractivity contribution >= 4 is 11.6 Å². The fourth-order valence-corrected chi connectivity index (χ4v) is 2.85.